The molecule has 2 aromatic carbocycles. The van der Waals surface area contributed by atoms with Gasteiger partial charge in [0.2, 0.25) is 0 Å². The average Bonchev–Trinajstić information content (AvgIpc) is 2.98. The quantitative estimate of drug-likeness (QED) is 0.565. The lowest BCUT2D eigenvalue weighted by Crippen LogP contribution is -1.97. The predicted molar refractivity (Wildman–Crippen MR) is 99.6 cm³/mol. The van der Waals surface area contributed by atoms with Crippen LogP contribution in [0.5, 0.6) is 0 Å². The van der Waals surface area contributed by atoms with Crippen molar-refractivity contribution in [3.05, 3.63) is 67.8 Å². The van der Waals surface area contributed by atoms with Crippen LogP contribution in [-0.4, -0.2) is 6.54 Å². The van der Waals surface area contributed by atoms with Crippen LogP contribution in [0.4, 0.5) is 5.69 Å². The van der Waals surface area contributed by atoms with Crippen LogP contribution < -0.4 is 5.32 Å². The molecule has 0 spiro atoms. The van der Waals surface area contributed by atoms with Gasteiger partial charge in [0.1, 0.15) is 5.58 Å². The van der Waals surface area contributed by atoms with Crippen molar-refractivity contribution >= 4 is 27.6 Å². The van der Waals surface area contributed by atoms with Crippen LogP contribution in [0.1, 0.15) is 20.8 Å². The predicted octanol–water partition coefficient (Wildman–Crippen LogP) is 6.40. The van der Waals surface area contributed by atoms with E-state index in [9.17, 15) is 0 Å². The fourth-order valence-electron chi connectivity index (χ4n) is 2.17. The highest BCUT2D eigenvalue weighted by Crippen LogP contribution is 2.32. The number of nitrogens with one attached hydrogen (secondary N) is 1. The molecule has 22 heavy (non-hydrogen) atoms. The van der Waals surface area contributed by atoms with Crippen molar-refractivity contribution in [1.29, 1.82) is 0 Å². The van der Waals surface area contributed by atoms with Crippen LogP contribution in [0, 0.1) is 0 Å². The first-order valence-electron chi connectivity index (χ1n) is 7.65. The van der Waals surface area contributed by atoms with Crippen LogP contribution in [0.15, 0.2) is 72.2 Å². The number of fused-ring (bicyclic) bond motifs is 3. The monoisotopic (exact) mass is 295 g/mol. The lowest BCUT2D eigenvalue weighted by atomic mass is 10.1. The van der Waals surface area contributed by atoms with Gasteiger partial charge in [-0.05, 0) is 19.1 Å². The molecule has 0 aliphatic heterocycles. The van der Waals surface area contributed by atoms with E-state index in [1.54, 1.807) is 0 Å². The second-order valence-corrected chi connectivity index (χ2v) is 4.23. The minimum absolute atomic E-state index is 0.812. The molecule has 2 heteroatoms. The van der Waals surface area contributed by atoms with Crippen molar-refractivity contribution in [2.24, 2.45) is 0 Å². The van der Waals surface area contributed by atoms with Gasteiger partial charge in [-0.3, -0.25) is 0 Å². The van der Waals surface area contributed by atoms with E-state index in [0.29, 0.717) is 0 Å². The summed E-state index contributed by atoms with van der Waals surface area (Å²) in [6.45, 7) is 12.8. The topological polar surface area (TPSA) is 25.2 Å². The van der Waals surface area contributed by atoms with Crippen LogP contribution in [-0.2, 0) is 0 Å². The average molecular weight is 295 g/mol. The number of anilines is 1. The summed E-state index contributed by atoms with van der Waals surface area (Å²) in [7, 11) is 0. The van der Waals surface area contributed by atoms with E-state index in [2.05, 4.69) is 42.7 Å². The molecule has 0 fully saturated rings. The van der Waals surface area contributed by atoms with E-state index in [4.69, 9.17) is 4.42 Å². The van der Waals surface area contributed by atoms with Gasteiger partial charge in [-0.15, -0.1) is 13.2 Å². The van der Waals surface area contributed by atoms with Crippen LogP contribution in [0.2, 0.25) is 0 Å². The molecule has 3 aromatic rings. The number of allylic oxidation sites excluding steroid dienone is 1. The molecule has 0 amide bonds. The van der Waals surface area contributed by atoms with Gasteiger partial charge in [0.05, 0.1) is 5.69 Å². The number of furan rings is 1. The second kappa shape index (κ2) is 9.46. The van der Waals surface area contributed by atoms with E-state index in [1.807, 2.05) is 51.1 Å². The SMILES string of the molecule is C/C=C\CNc1cccc2c1oc1ccccc12.C=C.CC. The third-order valence-corrected chi connectivity index (χ3v) is 3.05. The summed E-state index contributed by atoms with van der Waals surface area (Å²) in [6, 6.07) is 14.3. The molecule has 3 rings (SSSR count). The highest BCUT2D eigenvalue weighted by atomic mass is 16.3. The fraction of sp³-hybridized carbons (Fsp3) is 0.200. The smallest absolute Gasteiger partial charge is 0.158 e. The summed E-state index contributed by atoms with van der Waals surface area (Å²) in [5, 5.41) is 5.70. The first kappa shape index (κ1) is 17.6. The van der Waals surface area contributed by atoms with E-state index >= 15 is 0 Å². The largest absolute Gasteiger partial charge is 0.454 e. The van der Waals surface area contributed by atoms with E-state index in [-0.39, 0.29) is 0 Å². The van der Waals surface area contributed by atoms with Gasteiger partial charge in [0.15, 0.2) is 5.58 Å². The summed E-state index contributed by atoms with van der Waals surface area (Å²) in [6.07, 6.45) is 4.12. The Hall–Kier alpha value is -2.48. The second-order valence-electron chi connectivity index (χ2n) is 4.23. The van der Waals surface area contributed by atoms with Crippen molar-refractivity contribution < 1.29 is 4.42 Å². The zero-order chi connectivity index (χ0) is 16.4. The summed E-state index contributed by atoms with van der Waals surface area (Å²) in [4.78, 5) is 0. The number of rotatable bonds is 3. The van der Waals surface area contributed by atoms with Gasteiger partial charge in [-0.2, -0.15) is 0 Å². The maximum absolute atomic E-state index is 5.93. The van der Waals surface area contributed by atoms with Gasteiger partial charge in [0, 0.05) is 17.3 Å². The summed E-state index contributed by atoms with van der Waals surface area (Å²) < 4.78 is 5.93. The lowest BCUT2D eigenvalue weighted by molar-refractivity contribution is 0.670. The van der Waals surface area contributed by atoms with Crippen LogP contribution in [0.25, 0.3) is 21.9 Å². The molecule has 0 bridgehead atoms. The van der Waals surface area contributed by atoms with Gasteiger partial charge >= 0.3 is 0 Å². The Labute approximate surface area is 133 Å². The zero-order valence-electron chi connectivity index (χ0n) is 13.7. The minimum Gasteiger partial charge on any atom is -0.454 e. The Balaban J connectivity index is 0.000000561. The molecule has 1 aromatic heterocycles. The molecule has 2 nitrogen and oxygen atoms in total. The molecular formula is C20H25NO. The highest BCUT2D eigenvalue weighted by Gasteiger charge is 2.08. The number of para-hydroxylation sites is 2. The molecule has 0 saturated carbocycles. The third-order valence-electron chi connectivity index (χ3n) is 3.05. The normalized spacial score (nSPS) is 9.95. The van der Waals surface area contributed by atoms with E-state index in [0.717, 1.165) is 28.8 Å². The molecule has 0 aliphatic rings. The Morgan fingerprint density at radius 2 is 1.68 bits per heavy atom. The first-order chi connectivity index (χ1) is 10.9. The standard InChI is InChI=1S/C16H15NO.C2H6.C2H4/c1-2-3-11-17-14-9-6-8-13-12-7-4-5-10-15(12)18-16(13)14;2*1-2/h2-10,17H,11H2,1H3;1-2H3;1-2H2/b3-2-;;. The maximum Gasteiger partial charge on any atom is 0.158 e. The first-order valence-corrected chi connectivity index (χ1v) is 7.65. The van der Waals surface area contributed by atoms with Crippen molar-refractivity contribution in [3.63, 3.8) is 0 Å². The molecule has 1 heterocycles. The molecule has 1 N–H and O–H groups in total. The highest BCUT2D eigenvalue weighted by molar-refractivity contribution is 6.08. The summed E-state index contributed by atoms with van der Waals surface area (Å²) in [5.74, 6) is 0. The maximum atomic E-state index is 5.93. The molecule has 0 radical (unpaired) electrons. The Kier molecular flexibility index (Phi) is 7.55. The minimum atomic E-state index is 0.812. The fourth-order valence-corrected chi connectivity index (χ4v) is 2.17. The molecular weight excluding hydrogens is 270 g/mol. The molecule has 0 aliphatic carbocycles. The summed E-state index contributed by atoms with van der Waals surface area (Å²) in [5.41, 5.74) is 2.91. The molecule has 116 valence electrons. The van der Waals surface area contributed by atoms with E-state index < -0.39 is 0 Å². The lowest BCUT2D eigenvalue weighted by Gasteiger charge is -2.03. The van der Waals surface area contributed by atoms with Crippen molar-refractivity contribution in [2.75, 3.05) is 11.9 Å². The van der Waals surface area contributed by atoms with Gasteiger partial charge in [0.25, 0.3) is 0 Å². The molecule has 0 saturated heterocycles. The van der Waals surface area contributed by atoms with Crippen molar-refractivity contribution in [1.82, 2.24) is 0 Å². The Bertz CT molecular complexity index is 725. The Morgan fingerprint density at radius 1 is 1.00 bits per heavy atom. The van der Waals surface area contributed by atoms with Gasteiger partial charge < -0.3 is 9.73 Å². The van der Waals surface area contributed by atoms with Gasteiger partial charge in [-0.1, -0.05) is 56.3 Å². The van der Waals surface area contributed by atoms with Crippen LogP contribution in [0.3, 0.4) is 0 Å². The number of hydrogen-bond donors (Lipinski definition) is 1. The third kappa shape index (κ3) is 3.79. The van der Waals surface area contributed by atoms with E-state index in [1.165, 1.54) is 5.39 Å². The van der Waals surface area contributed by atoms with Gasteiger partial charge in [-0.25, -0.2) is 0 Å². The molecule has 0 atom stereocenters. The van der Waals surface area contributed by atoms with Crippen molar-refractivity contribution in [2.45, 2.75) is 20.8 Å². The molecule has 0 unspecified atom stereocenters. The summed E-state index contributed by atoms with van der Waals surface area (Å²) >= 11 is 0. The zero-order valence-corrected chi connectivity index (χ0v) is 13.7. The van der Waals surface area contributed by atoms with Crippen LogP contribution >= 0.6 is 0 Å². The number of hydrogen-bond acceptors (Lipinski definition) is 2. The van der Waals surface area contributed by atoms with Crippen molar-refractivity contribution in [3.8, 4) is 0 Å². The number of benzene rings is 2. The Morgan fingerprint density at radius 3 is 2.41 bits per heavy atom.